The zero-order valence-corrected chi connectivity index (χ0v) is 13.3. The third-order valence-electron chi connectivity index (χ3n) is 3.42. The SMILES string of the molecule is CCc1cccc(NC(=O)CCC(=O)N[C@@H](C)c2ncn[nH]2)c1. The molecule has 0 aliphatic carbocycles. The van der Waals surface area contributed by atoms with Gasteiger partial charge in [0.1, 0.15) is 12.2 Å². The first kappa shape index (κ1) is 16.7. The average Bonchev–Trinajstić information content (AvgIpc) is 3.07. The number of amides is 2. The van der Waals surface area contributed by atoms with E-state index in [1.165, 1.54) is 6.33 Å². The van der Waals surface area contributed by atoms with Crippen molar-refractivity contribution in [2.24, 2.45) is 0 Å². The van der Waals surface area contributed by atoms with Gasteiger partial charge in [-0.1, -0.05) is 19.1 Å². The van der Waals surface area contributed by atoms with Crippen LogP contribution in [0, 0.1) is 0 Å². The first-order valence-corrected chi connectivity index (χ1v) is 7.62. The number of nitrogens with one attached hydrogen (secondary N) is 3. The summed E-state index contributed by atoms with van der Waals surface area (Å²) < 4.78 is 0. The zero-order chi connectivity index (χ0) is 16.7. The molecule has 3 N–H and O–H groups in total. The molecule has 23 heavy (non-hydrogen) atoms. The van der Waals surface area contributed by atoms with Crippen LogP contribution in [0.25, 0.3) is 0 Å². The molecule has 2 rings (SSSR count). The van der Waals surface area contributed by atoms with Gasteiger partial charge in [0.15, 0.2) is 0 Å². The summed E-state index contributed by atoms with van der Waals surface area (Å²) in [6.07, 6.45) is 2.55. The second-order valence-electron chi connectivity index (χ2n) is 5.26. The Morgan fingerprint density at radius 2 is 2.04 bits per heavy atom. The summed E-state index contributed by atoms with van der Waals surface area (Å²) in [5, 5.41) is 12.0. The van der Waals surface area contributed by atoms with Gasteiger partial charge in [-0.15, -0.1) is 0 Å². The Balaban J connectivity index is 1.76. The van der Waals surface area contributed by atoms with Crippen LogP contribution in [-0.4, -0.2) is 27.0 Å². The van der Waals surface area contributed by atoms with E-state index in [0.29, 0.717) is 5.82 Å². The summed E-state index contributed by atoms with van der Waals surface area (Å²) in [6.45, 7) is 3.86. The molecule has 0 spiro atoms. The monoisotopic (exact) mass is 315 g/mol. The number of hydrogen-bond acceptors (Lipinski definition) is 4. The molecule has 1 heterocycles. The van der Waals surface area contributed by atoms with Gasteiger partial charge in [-0.3, -0.25) is 14.7 Å². The first-order valence-electron chi connectivity index (χ1n) is 7.62. The van der Waals surface area contributed by atoms with E-state index in [4.69, 9.17) is 0 Å². The number of carbonyl (C=O) groups excluding carboxylic acids is 2. The highest BCUT2D eigenvalue weighted by Crippen LogP contribution is 2.12. The molecule has 122 valence electrons. The minimum absolute atomic E-state index is 0.123. The number of carbonyl (C=O) groups is 2. The van der Waals surface area contributed by atoms with E-state index in [2.05, 4.69) is 32.7 Å². The van der Waals surface area contributed by atoms with Gasteiger partial charge < -0.3 is 10.6 Å². The number of hydrogen-bond donors (Lipinski definition) is 3. The second kappa shape index (κ2) is 8.07. The van der Waals surface area contributed by atoms with Crippen molar-refractivity contribution in [1.82, 2.24) is 20.5 Å². The van der Waals surface area contributed by atoms with Crippen LogP contribution in [0.3, 0.4) is 0 Å². The molecule has 0 unspecified atom stereocenters. The van der Waals surface area contributed by atoms with Gasteiger partial charge in [0, 0.05) is 18.5 Å². The minimum Gasteiger partial charge on any atom is -0.346 e. The molecule has 0 saturated carbocycles. The molecule has 7 heteroatoms. The summed E-state index contributed by atoms with van der Waals surface area (Å²) in [7, 11) is 0. The van der Waals surface area contributed by atoms with Crippen LogP contribution in [0.1, 0.15) is 44.1 Å². The molecular weight excluding hydrogens is 294 g/mol. The van der Waals surface area contributed by atoms with Crippen LogP contribution >= 0.6 is 0 Å². The molecule has 0 radical (unpaired) electrons. The fraction of sp³-hybridized carbons (Fsp3) is 0.375. The standard InChI is InChI=1S/C16H21N5O2/c1-3-12-5-4-6-13(9-12)20-15(23)8-7-14(22)19-11(2)16-17-10-18-21-16/h4-6,9-11H,3,7-8H2,1-2H3,(H,19,22)(H,20,23)(H,17,18,21)/t11-/m0/s1. The second-order valence-corrected chi connectivity index (χ2v) is 5.26. The fourth-order valence-electron chi connectivity index (χ4n) is 2.13. The number of anilines is 1. The number of aromatic nitrogens is 3. The van der Waals surface area contributed by atoms with Gasteiger partial charge in [-0.25, -0.2) is 4.98 Å². The number of rotatable bonds is 7. The number of H-pyrrole nitrogens is 1. The third kappa shape index (κ3) is 5.21. The van der Waals surface area contributed by atoms with Crippen LogP contribution < -0.4 is 10.6 Å². The van der Waals surface area contributed by atoms with Crippen molar-refractivity contribution in [3.05, 3.63) is 42.0 Å². The minimum atomic E-state index is -0.269. The average molecular weight is 315 g/mol. The Kier molecular flexibility index (Phi) is 5.85. The highest BCUT2D eigenvalue weighted by Gasteiger charge is 2.13. The van der Waals surface area contributed by atoms with Crippen molar-refractivity contribution in [2.45, 2.75) is 39.2 Å². The predicted octanol–water partition coefficient (Wildman–Crippen LogP) is 1.96. The topological polar surface area (TPSA) is 99.8 Å². The lowest BCUT2D eigenvalue weighted by molar-refractivity contribution is -0.124. The summed E-state index contributed by atoms with van der Waals surface area (Å²) in [5.41, 5.74) is 1.91. The van der Waals surface area contributed by atoms with Crippen molar-refractivity contribution >= 4 is 17.5 Å². The van der Waals surface area contributed by atoms with E-state index in [-0.39, 0.29) is 30.7 Å². The van der Waals surface area contributed by atoms with E-state index >= 15 is 0 Å². The lowest BCUT2D eigenvalue weighted by Crippen LogP contribution is -2.28. The van der Waals surface area contributed by atoms with Gasteiger partial charge in [0.05, 0.1) is 6.04 Å². The molecule has 0 aliphatic heterocycles. The summed E-state index contributed by atoms with van der Waals surface area (Å²) in [6, 6.07) is 7.41. The molecule has 1 atom stereocenters. The van der Waals surface area contributed by atoms with E-state index in [1.807, 2.05) is 24.3 Å². The third-order valence-corrected chi connectivity index (χ3v) is 3.42. The normalized spacial score (nSPS) is 11.7. The van der Waals surface area contributed by atoms with Crippen molar-refractivity contribution in [1.29, 1.82) is 0 Å². The number of aryl methyl sites for hydroxylation is 1. The molecule has 0 aliphatic rings. The quantitative estimate of drug-likeness (QED) is 0.727. The highest BCUT2D eigenvalue weighted by atomic mass is 16.2. The molecule has 1 aromatic carbocycles. The van der Waals surface area contributed by atoms with Crippen LogP contribution in [0.15, 0.2) is 30.6 Å². The number of aromatic amines is 1. The smallest absolute Gasteiger partial charge is 0.224 e. The summed E-state index contributed by atoms with van der Waals surface area (Å²) in [4.78, 5) is 27.7. The Bertz CT molecular complexity index is 654. The molecular formula is C16H21N5O2. The molecule has 2 aromatic rings. The maximum atomic E-state index is 11.9. The van der Waals surface area contributed by atoms with Crippen molar-refractivity contribution < 1.29 is 9.59 Å². The maximum absolute atomic E-state index is 11.9. The Morgan fingerprint density at radius 1 is 1.26 bits per heavy atom. The van der Waals surface area contributed by atoms with E-state index in [0.717, 1.165) is 17.7 Å². The molecule has 0 saturated heterocycles. The lowest BCUT2D eigenvalue weighted by Gasteiger charge is -2.11. The van der Waals surface area contributed by atoms with Crippen LogP contribution in [0.5, 0.6) is 0 Å². The largest absolute Gasteiger partial charge is 0.346 e. The predicted molar refractivity (Wildman–Crippen MR) is 86.6 cm³/mol. The van der Waals surface area contributed by atoms with Crippen LogP contribution in [0.4, 0.5) is 5.69 Å². The van der Waals surface area contributed by atoms with Gasteiger partial charge in [-0.2, -0.15) is 5.10 Å². The molecule has 7 nitrogen and oxygen atoms in total. The van der Waals surface area contributed by atoms with E-state index in [9.17, 15) is 9.59 Å². The molecule has 2 amide bonds. The Labute approximate surface area is 134 Å². The summed E-state index contributed by atoms with van der Waals surface area (Å²) in [5.74, 6) is 0.200. The molecule has 0 fully saturated rings. The fourth-order valence-corrected chi connectivity index (χ4v) is 2.13. The van der Waals surface area contributed by atoms with Crippen LogP contribution in [0.2, 0.25) is 0 Å². The number of nitrogens with zero attached hydrogens (tertiary/aromatic N) is 2. The van der Waals surface area contributed by atoms with Crippen molar-refractivity contribution in [3.8, 4) is 0 Å². The Hall–Kier alpha value is -2.70. The maximum Gasteiger partial charge on any atom is 0.224 e. The highest BCUT2D eigenvalue weighted by molar-refractivity contribution is 5.93. The van der Waals surface area contributed by atoms with Crippen LogP contribution in [-0.2, 0) is 16.0 Å². The lowest BCUT2D eigenvalue weighted by atomic mass is 10.1. The zero-order valence-electron chi connectivity index (χ0n) is 13.3. The van der Waals surface area contributed by atoms with E-state index in [1.54, 1.807) is 6.92 Å². The van der Waals surface area contributed by atoms with Gasteiger partial charge in [0.2, 0.25) is 11.8 Å². The van der Waals surface area contributed by atoms with Gasteiger partial charge in [-0.05, 0) is 31.0 Å². The van der Waals surface area contributed by atoms with Gasteiger partial charge in [0.25, 0.3) is 0 Å². The van der Waals surface area contributed by atoms with Crippen molar-refractivity contribution in [3.63, 3.8) is 0 Å². The Morgan fingerprint density at radius 3 is 2.74 bits per heavy atom. The number of benzene rings is 1. The van der Waals surface area contributed by atoms with Crippen molar-refractivity contribution in [2.75, 3.05) is 5.32 Å². The van der Waals surface area contributed by atoms with Gasteiger partial charge >= 0.3 is 0 Å². The molecule has 1 aromatic heterocycles. The van der Waals surface area contributed by atoms with E-state index < -0.39 is 0 Å². The summed E-state index contributed by atoms with van der Waals surface area (Å²) >= 11 is 0. The molecule has 0 bridgehead atoms. The first-order chi connectivity index (χ1) is 11.1.